The highest BCUT2D eigenvalue weighted by Crippen LogP contribution is 2.31. The van der Waals surface area contributed by atoms with Gasteiger partial charge in [0.05, 0.1) is 17.6 Å². The van der Waals surface area contributed by atoms with Crippen molar-refractivity contribution in [3.05, 3.63) is 42.4 Å². The maximum absolute atomic E-state index is 9.40. The monoisotopic (exact) mass is 362 g/mol. The number of aromatic nitrogens is 3. The van der Waals surface area contributed by atoms with Gasteiger partial charge in [-0.3, -0.25) is 0 Å². The number of aromatic hydroxyl groups is 1. The van der Waals surface area contributed by atoms with Crippen molar-refractivity contribution in [2.45, 2.75) is 31.7 Å². The van der Waals surface area contributed by atoms with E-state index in [9.17, 15) is 5.11 Å². The molecule has 1 aromatic carbocycles. The standard InChI is InChI=1S/C18H20N4O.ClH.H2O/c1-11-8-13(6-7-19-11)18-20-10-17-16(22-18)9-15(21-17)12-2-4-14(23)5-3-12;;/h2-5,9-11,13,19,23H,6-8H2,1H3,(H,20,22);1H;1H2. The molecule has 3 aliphatic rings. The summed E-state index contributed by atoms with van der Waals surface area (Å²) in [5.74, 6) is 1.79. The lowest BCUT2D eigenvalue weighted by Crippen LogP contribution is -2.35. The van der Waals surface area contributed by atoms with Crippen LogP contribution < -0.4 is 5.32 Å². The summed E-state index contributed by atoms with van der Waals surface area (Å²) in [5, 5.41) is 12.9. The van der Waals surface area contributed by atoms with Crippen LogP contribution in [0.2, 0.25) is 0 Å². The average molecular weight is 363 g/mol. The summed E-state index contributed by atoms with van der Waals surface area (Å²) < 4.78 is 0. The van der Waals surface area contributed by atoms with Gasteiger partial charge in [0.1, 0.15) is 17.3 Å². The Morgan fingerprint density at radius 1 is 1.16 bits per heavy atom. The van der Waals surface area contributed by atoms with E-state index in [0.29, 0.717) is 12.0 Å². The van der Waals surface area contributed by atoms with E-state index < -0.39 is 0 Å². The van der Waals surface area contributed by atoms with E-state index in [-0.39, 0.29) is 23.6 Å². The van der Waals surface area contributed by atoms with Crippen LogP contribution in [-0.2, 0) is 0 Å². The first-order valence-corrected chi connectivity index (χ1v) is 8.07. The highest BCUT2D eigenvalue weighted by Gasteiger charge is 2.23. The number of nitrogens with one attached hydrogen (secondary N) is 2. The van der Waals surface area contributed by atoms with E-state index in [2.05, 4.69) is 33.3 Å². The van der Waals surface area contributed by atoms with Gasteiger partial charge in [-0.25, -0.2) is 9.97 Å². The Morgan fingerprint density at radius 3 is 2.64 bits per heavy atom. The van der Waals surface area contributed by atoms with E-state index in [0.717, 1.165) is 47.9 Å². The Hall–Kier alpha value is -2.15. The fraction of sp³-hybridized carbons (Fsp3) is 0.333. The van der Waals surface area contributed by atoms with Crippen molar-refractivity contribution in [3.63, 3.8) is 0 Å². The summed E-state index contributed by atoms with van der Waals surface area (Å²) in [5.41, 5.74) is 3.78. The molecule has 134 valence electrons. The van der Waals surface area contributed by atoms with Crippen LogP contribution >= 0.6 is 12.4 Å². The first-order valence-electron chi connectivity index (χ1n) is 8.07. The number of hydrogen-bond acceptors (Lipinski definition) is 4. The van der Waals surface area contributed by atoms with E-state index in [4.69, 9.17) is 0 Å². The van der Waals surface area contributed by atoms with Gasteiger partial charge in [-0.05, 0) is 56.6 Å². The summed E-state index contributed by atoms with van der Waals surface area (Å²) in [6.45, 7) is 3.26. The lowest BCUT2D eigenvalue weighted by atomic mass is 9.92. The number of fused-ring (bicyclic) bond motifs is 1. The van der Waals surface area contributed by atoms with Crippen LogP contribution in [0.4, 0.5) is 0 Å². The Labute approximate surface area is 152 Å². The molecule has 3 aliphatic heterocycles. The molecule has 1 fully saturated rings. The van der Waals surface area contributed by atoms with Crippen molar-refractivity contribution in [2.24, 2.45) is 0 Å². The molecule has 1 aromatic rings. The molecule has 25 heavy (non-hydrogen) atoms. The lowest BCUT2D eigenvalue weighted by molar-refractivity contribution is 0.371. The van der Waals surface area contributed by atoms with E-state index in [1.54, 1.807) is 12.1 Å². The van der Waals surface area contributed by atoms with Crippen molar-refractivity contribution >= 4 is 12.4 Å². The van der Waals surface area contributed by atoms with Gasteiger partial charge in [0.25, 0.3) is 0 Å². The predicted molar refractivity (Wildman–Crippen MR) is 100 cm³/mol. The molecule has 0 radical (unpaired) electrons. The van der Waals surface area contributed by atoms with Crippen LogP contribution in [0.25, 0.3) is 22.6 Å². The summed E-state index contributed by atoms with van der Waals surface area (Å²) in [4.78, 5) is 12.7. The summed E-state index contributed by atoms with van der Waals surface area (Å²) in [7, 11) is 0. The van der Waals surface area contributed by atoms with Gasteiger partial charge in [-0.2, -0.15) is 0 Å². The molecule has 0 spiro atoms. The smallest absolute Gasteiger partial charge is 0.115 e. The number of halogens is 1. The highest BCUT2D eigenvalue weighted by atomic mass is 35.5. The number of phenols is 1. The SMILES string of the molecule is CC1CC(c2ncc3nc(-c4ccc(O)cc4)cc-3[nH]2)CCN1.Cl.O. The second kappa shape index (κ2) is 7.82. The summed E-state index contributed by atoms with van der Waals surface area (Å²) in [6, 6.07) is 9.69. The number of hydrogen-bond donors (Lipinski definition) is 3. The zero-order valence-corrected chi connectivity index (χ0v) is 14.8. The number of H-pyrrole nitrogens is 1. The summed E-state index contributed by atoms with van der Waals surface area (Å²) >= 11 is 0. The van der Waals surface area contributed by atoms with Gasteiger partial charge in [0.2, 0.25) is 0 Å². The molecule has 2 unspecified atom stereocenters. The van der Waals surface area contributed by atoms with Crippen LogP contribution in [0.15, 0.2) is 36.5 Å². The third-order valence-electron chi connectivity index (χ3n) is 4.56. The van der Waals surface area contributed by atoms with Crippen molar-refractivity contribution < 1.29 is 10.6 Å². The first-order chi connectivity index (χ1) is 11.2. The van der Waals surface area contributed by atoms with Crippen molar-refractivity contribution in [2.75, 3.05) is 6.54 Å². The molecule has 5 N–H and O–H groups in total. The molecule has 4 rings (SSSR count). The number of nitrogens with zero attached hydrogens (tertiary/aromatic N) is 2. The molecule has 3 heterocycles. The van der Waals surface area contributed by atoms with Gasteiger partial charge in [0.15, 0.2) is 0 Å². The molecular formula is C18H23ClN4O2. The van der Waals surface area contributed by atoms with E-state index >= 15 is 0 Å². The third kappa shape index (κ3) is 3.92. The van der Waals surface area contributed by atoms with Crippen LogP contribution in [-0.4, -0.2) is 38.1 Å². The second-order valence-electron chi connectivity index (χ2n) is 6.33. The van der Waals surface area contributed by atoms with Gasteiger partial charge in [-0.1, -0.05) is 0 Å². The Balaban J connectivity index is 0.00000113. The highest BCUT2D eigenvalue weighted by molar-refractivity contribution is 5.85. The molecule has 6 nitrogen and oxygen atoms in total. The molecule has 0 aromatic heterocycles. The quantitative estimate of drug-likeness (QED) is 0.651. The Kier molecular flexibility index (Phi) is 6.00. The minimum atomic E-state index is 0. The minimum absolute atomic E-state index is 0. The second-order valence-corrected chi connectivity index (χ2v) is 6.33. The molecular weight excluding hydrogens is 340 g/mol. The van der Waals surface area contributed by atoms with E-state index in [1.165, 1.54) is 0 Å². The Bertz CT molecular complexity index is 790. The number of piperidine rings is 1. The fourth-order valence-corrected chi connectivity index (χ4v) is 3.30. The number of benzene rings is 1. The van der Waals surface area contributed by atoms with Crippen LogP contribution in [0.5, 0.6) is 5.75 Å². The zero-order chi connectivity index (χ0) is 15.8. The first kappa shape index (κ1) is 19.2. The molecule has 0 saturated carbocycles. The third-order valence-corrected chi connectivity index (χ3v) is 4.56. The van der Waals surface area contributed by atoms with Crippen LogP contribution in [0, 0.1) is 0 Å². The number of aromatic amines is 1. The molecule has 0 amide bonds. The molecule has 2 atom stereocenters. The molecule has 0 aliphatic carbocycles. The molecule has 7 heteroatoms. The minimum Gasteiger partial charge on any atom is -0.508 e. The summed E-state index contributed by atoms with van der Waals surface area (Å²) in [6.07, 6.45) is 4.07. The van der Waals surface area contributed by atoms with Crippen molar-refractivity contribution in [1.82, 2.24) is 20.3 Å². The predicted octanol–water partition coefficient (Wildman–Crippen LogP) is 2.73. The van der Waals surface area contributed by atoms with Crippen molar-refractivity contribution in [1.29, 1.82) is 0 Å². The normalized spacial score (nSPS) is 19.9. The van der Waals surface area contributed by atoms with Gasteiger partial charge < -0.3 is 20.9 Å². The van der Waals surface area contributed by atoms with Crippen LogP contribution in [0.3, 0.4) is 0 Å². The van der Waals surface area contributed by atoms with Crippen LogP contribution in [0.1, 0.15) is 31.5 Å². The zero-order valence-electron chi connectivity index (χ0n) is 14.0. The van der Waals surface area contributed by atoms with Crippen molar-refractivity contribution in [3.8, 4) is 28.4 Å². The van der Waals surface area contributed by atoms with Gasteiger partial charge in [-0.15, -0.1) is 12.4 Å². The maximum Gasteiger partial charge on any atom is 0.115 e. The lowest BCUT2D eigenvalue weighted by Gasteiger charge is -2.27. The average Bonchev–Trinajstić information content (AvgIpc) is 2.98. The topological polar surface area (TPSA) is 105 Å². The van der Waals surface area contributed by atoms with E-state index in [1.807, 2.05) is 18.3 Å². The fourth-order valence-electron chi connectivity index (χ4n) is 3.30. The molecule has 1 saturated heterocycles. The maximum atomic E-state index is 9.40. The Morgan fingerprint density at radius 2 is 1.92 bits per heavy atom. The molecule has 0 bridgehead atoms. The number of phenolic OH excluding ortho intramolecular Hbond substituents is 1. The largest absolute Gasteiger partial charge is 0.508 e. The number of rotatable bonds is 2. The van der Waals surface area contributed by atoms with Gasteiger partial charge >= 0.3 is 0 Å². The van der Waals surface area contributed by atoms with Gasteiger partial charge in [0, 0.05) is 17.5 Å².